The first-order valence-corrected chi connectivity index (χ1v) is 14.4. The highest BCUT2D eigenvalue weighted by atomic mass is 19.1. The van der Waals surface area contributed by atoms with Gasteiger partial charge in [-0.15, -0.1) is 0 Å². The third-order valence-corrected chi connectivity index (χ3v) is 7.32. The Balaban J connectivity index is 1.20. The van der Waals surface area contributed by atoms with Crippen molar-refractivity contribution in [2.75, 3.05) is 27.2 Å². The molecule has 0 atom stereocenters. The molecule has 0 bridgehead atoms. The summed E-state index contributed by atoms with van der Waals surface area (Å²) in [6.45, 7) is 1.60. The minimum atomic E-state index is -0.390. The Labute approximate surface area is 257 Å². The summed E-state index contributed by atoms with van der Waals surface area (Å²) in [6.07, 6.45) is 6.88. The van der Waals surface area contributed by atoms with Crippen LogP contribution in [-0.2, 0) is 6.61 Å². The maximum absolute atomic E-state index is 14.7. The molecule has 5 aromatic heterocycles. The van der Waals surface area contributed by atoms with Gasteiger partial charge < -0.3 is 19.4 Å². The van der Waals surface area contributed by atoms with Crippen molar-refractivity contribution in [3.63, 3.8) is 0 Å². The minimum absolute atomic E-state index is 0.390. The largest absolute Gasteiger partial charge is 0.492 e. The summed E-state index contributed by atoms with van der Waals surface area (Å²) in [7, 11) is 3.92. The van der Waals surface area contributed by atoms with Crippen LogP contribution in [0.15, 0.2) is 91.5 Å². The highest BCUT2D eigenvalue weighted by molar-refractivity contribution is 5.96. The molecule has 0 saturated carbocycles. The molecule has 2 aromatic carbocycles. The lowest BCUT2D eigenvalue weighted by Gasteiger charge is -2.12. The number of rotatable bonds is 10. The number of hydrogen-bond acceptors (Lipinski definition) is 8. The fraction of sp³-hybridized carbons (Fsp3) is 0.147. The Morgan fingerprint density at radius 3 is 2.53 bits per heavy atom. The molecular formula is C34H29FN8O2. The molecule has 7 rings (SSSR count). The topological polar surface area (TPSA) is 118 Å². The van der Waals surface area contributed by atoms with E-state index in [9.17, 15) is 4.39 Å². The van der Waals surface area contributed by atoms with Crippen LogP contribution in [0, 0.1) is 5.82 Å². The number of halogens is 1. The lowest BCUT2D eigenvalue weighted by atomic mass is 10.1. The van der Waals surface area contributed by atoms with Gasteiger partial charge in [-0.1, -0.05) is 30.3 Å². The molecule has 0 unspecified atom stereocenters. The maximum Gasteiger partial charge on any atom is 0.181 e. The zero-order valence-corrected chi connectivity index (χ0v) is 24.7. The van der Waals surface area contributed by atoms with Gasteiger partial charge in [-0.3, -0.25) is 10.1 Å². The summed E-state index contributed by atoms with van der Waals surface area (Å²) in [5.41, 5.74) is 6.51. The van der Waals surface area contributed by atoms with Gasteiger partial charge >= 0.3 is 0 Å². The highest BCUT2D eigenvalue weighted by Gasteiger charge is 2.17. The van der Waals surface area contributed by atoms with Gasteiger partial charge in [-0.25, -0.2) is 19.3 Å². The molecule has 0 radical (unpaired) electrons. The highest BCUT2D eigenvalue weighted by Crippen LogP contribution is 2.34. The summed E-state index contributed by atoms with van der Waals surface area (Å²) in [6, 6.07) is 20.4. The number of nitrogens with one attached hydrogen (secondary N) is 2. The van der Waals surface area contributed by atoms with Crippen LogP contribution in [0.5, 0.6) is 11.5 Å². The van der Waals surface area contributed by atoms with E-state index in [1.54, 1.807) is 24.8 Å². The standard InChI is InChI=1S/C34H29FN8O2/c1-43(2)10-11-44-26-13-22(12-25(35)16-26)28-8-9-37-33-30(28)39-34(40-33)31-29-15-24(18-38-32(29)42-41-31)23-14-27(19-36-17-23)45-20-21-6-4-3-5-7-21/h3-9,12-19H,10-11,20H2,1-2H3,(H,37,39,40)(H,38,41,42). The monoisotopic (exact) mass is 600 g/mol. The molecule has 45 heavy (non-hydrogen) atoms. The molecule has 0 spiro atoms. The second-order valence-electron chi connectivity index (χ2n) is 10.8. The van der Waals surface area contributed by atoms with Crippen molar-refractivity contribution in [1.82, 2.24) is 40.0 Å². The molecule has 224 valence electrons. The Morgan fingerprint density at radius 2 is 1.67 bits per heavy atom. The van der Waals surface area contributed by atoms with Gasteiger partial charge in [0, 0.05) is 47.9 Å². The van der Waals surface area contributed by atoms with Gasteiger partial charge in [0.05, 0.1) is 17.1 Å². The Morgan fingerprint density at radius 1 is 0.822 bits per heavy atom. The third-order valence-electron chi connectivity index (χ3n) is 7.32. The molecule has 0 saturated heterocycles. The second kappa shape index (κ2) is 12.1. The normalized spacial score (nSPS) is 11.5. The van der Waals surface area contributed by atoms with E-state index in [2.05, 4.69) is 30.1 Å². The van der Waals surface area contributed by atoms with E-state index in [0.717, 1.165) is 27.6 Å². The summed E-state index contributed by atoms with van der Waals surface area (Å²) in [5, 5.41) is 8.24. The molecule has 7 aromatic rings. The first-order chi connectivity index (χ1) is 22.0. The van der Waals surface area contributed by atoms with Crippen LogP contribution in [0.1, 0.15) is 5.56 Å². The van der Waals surface area contributed by atoms with Crippen LogP contribution in [-0.4, -0.2) is 67.3 Å². The number of hydrogen-bond donors (Lipinski definition) is 2. The zero-order valence-electron chi connectivity index (χ0n) is 24.7. The summed E-state index contributed by atoms with van der Waals surface area (Å²) < 4.78 is 26.5. The Bertz CT molecular complexity index is 2110. The van der Waals surface area contributed by atoms with Gasteiger partial charge in [0.25, 0.3) is 0 Å². The molecular weight excluding hydrogens is 571 g/mol. The SMILES string of the molecule is CN(C)CCOc1cc(F)cc(-c2ccnc3nc(-c4[nH]nc5ncc(-c6cncc(OCc7ccccc7)c6)cc45)[nH]c23)c1. The lowest BCUT2D eigenvalue weighted by molar-refractivity contribution is 0.260. The number of pyridine rings is 3. The van der Waals surface area contributed by atoms with E-state index in [1.165, 1.54) is 12.1 Å². The number of aromatic amines is 2. The van der Waals surface area contributed by atoms with Crippen molar-refractivity contribution in [3.05, 3.63) is 103 Å². The van der Waals surface area contributed by atoms with E-state index in [0.29, 0.717) is 65.2 Å². The second-order valence-corrected chi connectivity index (χ2v) is 10.8. The molecule has 0 fully saturated rings. The molecule has 0 aliphatic heterocycles. The quantitative estimate of drug-likeness (QED) is 0.188. The van der Waals surface area contributed by atoms with Gasteiger partial charge in [0.1, 0.15) is 36.2 Å². The fourth-order valence-corrected chi connectivity index (χ4v) is 5.05. The summed E-state index contributed by atoms with van der Waals surface area (Å²) in [5.74, 6) is 1.25. The molecule has 5 heterocycles. The van der Waals surface area contributed by atoms with Crippen molar-refractivity contribution < 1.29 is 13.9 Å². The third kappa shape index (κ3) is 6.06. The number of H-pyrrole nitrogens is 2. The van der Waals surface area contributed by atoms with Crippen LogP contribution in [0.2, 0.25) is 0 Å². The molecule has 0 aliphatic carbocycles. The van der Waals surface area contributed by atoms with E-state index in [-0.39, 0.29) is 5.82 Å². The lowest BCUT2D eigenvalue weighted by Crippen LogP contribution is -2.19. The predicted molar refractivity (Wildman–Crippen MR) is 170 cm³/mol. The zero-order chi connectivity index (χ0) is 30.8. The van der Waals surface area contributed by atoms with Crippen molar-refractivity contribution >= 4 is 22.2 Å². The molecule has 0 aliphatic rings. The van der Waals surface area contributed by atoms with E-state index in [4.69, 9.17) is 14.5 Å². The Kier molecular flexibility index (Phi) is 7.58. The summed E-state index contributed by atoms with van der Waals surface area (Å²) in [4.78, 5) is 23.6. The number of likely N-dealkylation sites (N-methyl/N-ethyl adjacent to an activating group) is 1. The van der Waals surface area contributed by atoms with Gasteiger partial charge in [0.15, 0.2) is 17.1 Å². The molecule has 11 heteroatoms. The minimum Gasteiger partial charge on any atom is -0.492 e. The molecule has 10 nitrogen and oxygen atoms in total. The van der Waals surface area contributed by atoms with E-state index >= 15 is 0 Å². The average Bonchev–Trinajstić information content (AvgIpc) is 3.68. The molecule has 2 N–H and O–H groups in total. The van der Waals surface area contributed by atoms with Crippen molar-refractivity contribution in [2.45, 2.75) is 6.61 Å². The van der Waals surface area contributed by atoms with Gasteiger partial charge in [-0.2, -0.15) is 5.10 Å². The van der Waals surface area contributed by atoms with Crippen LogP contribution in [0.25, 0.3) is 56.0 Å². The number of nitrogens with zero attached hydrogens (tertiary/aromatic N) is 6. The molecule has 0 amide bonds. The van der Waals surface area contributed by atoms with Crippen LogP contribution in [0.4, 0.5) is 4.39 Å². The number of aromatic nitrogens is 7. The first kappa shape index (κ1) is 28.1. The predicted octanol–water partition coefficient (Wildman–Crippen LogP) is 6.28. The van der Waals surface area contributed by atoms with Crippen molar-refractivity contribution in [2.24, 2.45) is 0 Å². The smallest absolute Gasteiger partial charge is 0.181 e. The average molecular weight is 601 g/mol. The van der Waals surface area contributed by atoms with Crippen LogP contribution in [0.3, 0.4) is 0 Å². The fourth-order valence-electron chi connectivity index (χ4n) is 5.05. The number of benzene rings is 2. The first-order valence-electron chi connectivity index (χ1n) is 14.4. The van der Waals surface area contributed by atoms with Gasteiger partial charge in [-0.05, 0) is 55.6 Å². The van der Waals surface area contributed by atoms with Crippen molar-refractivity contribution in [1.29, 1.82) is 0 Å². The van der Waals surface area contributed by atoms with E-state index in [1.807, 2.05) is 73.6 Å². The van der Waals surface area contributed by atoms with Gasteiger partial charge in [0.2, 0.25) is 0 Å². The van der Waals surface area contributed by atoms with E-state index < -0.39 is 0 Å². The number of fused-ring (bicyclic) bond motifs is 2. The number of imidazole rings is 1. The van der Waals surface area contributed by atoms with Crippen molar-refractivity contribution in [3.8, 4) is 45.3 Å². The maximum atomic E-state index is 14.7. The van der Waals surface area contributed by atoms with Crippen LogP contribution >= 0.6 is 0 Å². The summed E-state index contributed by atoms with van der Waals surface area (Å²) >= 11 is 0. The number of ether oxygens (including phenoxy) is 2. The Hall–Kier alpha value is -5.68. The van der Waals surface area contributed by atoms with Crippen LogP contribution < -0.4 is 9.47 Å².